The van der Waals surface area contributed by atoms with E-state index in [1.54, 1.807) is 12.4 Å². The maximum Gasteiger partial charge on any atom is 0.317 e. The lowest BCUT2D eigenvalue weighted by molar-refractivity contribution is 0.127. The van der Waals surface area contributed by atoms with Crippen LogP contribution in [-0.4, -0.2) is 41.7 Å². The minimum atomic E-state index is 0.0128. The first-order valence-corrected chi connectivity index (χ1v) is 7.26. The van der Waals surface area contributed by atoms with E-state index in [-0.39, 0.29) is 6.03 Å². The van der Waals surface area contributed by atoms with Gasteiger partial charge < -0.3 is 15.0 Å². The number of carbonyl (C=O) groups excluding carboxylic acids is 1. The Hall–Kier alpha value is -1.78. The van der Waals surface area contributed by atoms with Gasteiger partial charge in [-0.1, -0.05) is 6.92 Å². The number of hydrogen-bond donors (Lipinski definition) is 1. The summed E-state index contributed by atoms with van der Waals surface area (Å²) in [5.41, 5.74) is 0. The van der Waals surface area contributed by atoms with Crippen LogP contribution in [0.2, 0.25) is 0 Å². The summed E-state index contributed by atoms with van der Waals surface area (Å²) < 4.78 is 5.50. The lowest BCUT2D eigenvalue weighted by Gasteiger charge is -2.37. The molecule has 0 bridgehead atoms. The van der Waals surface area contributed by atoms with Crippen molar-refractivity contribution in [3.8, 4) is 5.75 Å². The first kappa shape index (κ1) is 14.6. The molecule has 1 aromatic rings. The van der Waals surface area contributed by atoms with Crippen LogP contribution in [0.5, 0.6) is 5.75 Å². The molecule has 0 saturated carbocycles. The normalized spacial score (nSPS) is 22.4. The quantitative estimate of drug-likeness (QED) is 0.859. The number of piperidine rings is 1. The summed E-state index contributed by atoms with van der Waals surface area (Å²) in [7, 11) is 0. The second kappa shape index (κ2) is 7.12. The summed E-state index contributed by atoms with van der Waals surface area (Å²) in [6, 6.07) is 4.00. The van der Waals surface area contributed by atoms with Crippen molar-refractivity contribution in [1.82, 2.24) is 15.2 Å². The van der Waals surface area contributed by atoms with E-state index in [0.717, 1.165) is 18.7 Å². The number of ether oxygens (including phenoxy) is 1. The number of nitrogens with zero attached hydrogens (tertiary/aromatic N) is 2. The van der Waals surface area contributed by atoms with Crippen molar-refractivity contribution in [2.24, 2.45) is 5.92 Å². The van der Waals surface area contributed by atoms with Gasteiger partial charge in [-0.2, -0.15) is 0 Å². The second-order valence-electron chi connectivity index (χ2n) is 5.32. The number of pyridine rings is 1. The van der Waals surface area contributed by atoms with E-state index in [1.165, 1.54) is 6.42 Å². The third kappa shape index (κ3) is 3.85. The van der Waals surface area contributed by atoms with E-state index in [1.807, 2.05) is 17.0 Å². The van der Waals surface area contributed by atoms with Crippen molar-refractivity contribution >= 4 is 6.03 Å². The van der Waals surface area contributed by atoms with E-state index in [9.17, 15) is 4.79 Å². The van der Waals surface area contributed by atoms with E-state index < -0.39 is 0 Å². The third-order valence-electron chi connectivity index (χ3n) is 3.92. The first-order chi connectivity index (χ1) is 9.68. The molecule has 0 radical (unpaired) electrons. The van der Waals surface area contributed by atoms with Crippen LogP contribution in [0.3, 0.4) is 0 Å². The number of urea groups is 1. The van der Waals surface area contributed by atoms with Crippen molar-refractivity contribution in [3.05, 3.63) is 24.5 Å². The zero-order chi connectivity index (χ0) is 14.4. The average molecular weight is 277 g/mol. The average Bonchev–Trinajstić information content (AvgIpc) is 2.47. The fourth-order valence-corrected chi connectivity index (χ4v) is 2.48. The maximum atomic E-state index is 12.1. The van der Waals surface area contributed by atoms with Gasteiger partial charge in [0.25, 0.3) is 0 Å². The van der Waals surface area contributed by atoms with Crippen LogP contribution in [0.25, 0.3) is 0 Å². The topological polar surface area (TPSA) is 54.5 Å². The van der Waals surface area contributed by atoms with Crippen LogP contribution in [0.1, 0.15) is 26.7 Å². The fraction of sp³-hybridized carbons (Fsp3) is 0.600. The molecule has 1 aliphatic heterocycles. The maximum absolute atomic E-state index is 12.1. The van der Waals surface area contributed by atoms with E-state index in [2.05, 4.69) is 24.1 Å². The van der Waals surface area contributed by atoms with Gasteiger partial charge >= 0.3 is 6.03 Å². The number of nitrogens with one attached hydrogen (secondary N) is 1. The molecule has 1 aromatic heterocycles. The van der Waals surface area contributed by atoms with Gasteiger partial charge in [-0.25, -0.2) is 4.79 Å². The van der Waals surface area contributed by atoms with Gasteiger partial charge in [-0.05, 0) is 37.8 Å². The largest absolute Gasteiger partial charge is 0.490 e. The Balaban J connectivity index is 1.70. The van der Waals surface area contributed by atoms with E-state index >= 15 is 0 Å². The van der Waals surface area contributed by atoms with Crippen LogP contribution in [0, 0.1) is 5.92 Å². The van der Waals surface area contributed by atoms with Crippen molar-refractivity contribution in [2.45, 2.75) is 32.7 Å². The lowest BCUT2D eigenvalue weighted by atomic mass is 9.92. The molecule has 110 valence electrons. The predicted octanol–water partition coefficient (Wildman–Crippen LogP) is 2.29. The molecule has 1 N–H and O–H groups in total. The SMILES string of the molecule is C[C@@H]1[C@@H](C)CCCN1C(=O)NCCOc1cccnc1. The molecule has 2 heterocycles. The summed E-state index contributed by atoms with van der Waals surface area (Å²) in [5.74, 6) is 1.29. The highest BCUT2D eigenvalue weighted by atomic mass is 16.5. The molecule has 0 aliphatic carbocycles. The van der Waals surface area contributed by atoms with Crippen LogP contribution in [0.15, 0.2) is 24.5 Å². The van der Waals surface area contributed by atoms with E-state index in [4.69, 9.17) is 4.74 Å². The monoisotopic (exact) mass is 277 g/mol. The number of hydrogen-bond acceptors (Lipinski definition) is 3. The van der Waals surface area contributed by atoms with Crippen LogP contribution in [0.4, 0.5) is 4.79 Å². The number of likely N-dealkylation sites (tertiary alicyclic amines) is 1. The molecular weight excluding hydrogens is 254 g/mol. The Morgan fingerprint density at radius 3 is 3.15 bits per heavy atom. The minimum Gasteiger partial charge on any atom is -0.490 e. The Bertz CT molecular complexity index is 424. The lowest BCUT2D eigenvalue weighted by Crippen LogP contribution is -2.50. The smallest absolute Gasteiger partial charge is 0.317 e. The molecule has 1 fully saturated rings. The molecule has 0 spiro atoms. The number of amides is 2. The molecule has 2 atom stereocenters. The summed E-state index contributed by atoms with van der Waals surface area (Å²) in [4.78, 5) is 18.0. The molecule has 5 heteroatoms. The highest BCUT2D eigenvalue weighted by Crippen LogP contribution is 2.22. The van der Waals surface area contributed by atoms with Gasteiger partial charge in [0.1, 0.15) is 12.4 Å². The van der Waals surface area contributed by atoms with Gasteiger partial charge in [-0.3, -0.25) is 4.98 Å². The van der Waals surface area contributed by atoms with Gasteiger partial charge in [0.05, 0.1) is 12.7 Å². The molecule has 2 rings (SSSR count). The van der Waals surface area contributed by atoms with Crippen molar-refractivity contribution in [1.29, 1.82) is 0 Å². The molecule has 20 heavy (non-hydrogen) atoms. The van der Waals surface area contributed by atoms with Crippen molar-refractivity contribution < 1.29 is 9.53 Å². The molecule has 0 aromatic carbocycles. The van der Waals surface area contributed by atoms with Crippen molar-refractivity contribution in [3.63, 3.8) is 0 Å². The van der Waals surface area contributed by atoms with Crippen molar-refractivity contribution in [2.75, 3.05) is 19.7 Å². The number of carbonyl (C=O) groups is 1. The van der Waals surface area contributed by atoms with Crippen LogP contribution in [-0.2, 0) is 0 Å². The molecular formula is C15H23N3O2. The van der Waals surface area contributed by atoms with E-state index in [0.29, 0.717) is 25.1 Å². The molecule has 1 saturated heterocycles. The zero-order valence-electron chi connectivity index (χ0n) is 12.2. The zero-order valence-corrected chi connectivity index (χ0v) is 12.2. The second-order valence-corrected chi connectivity index (χ2v) is 5.32. The molecule has 5 nitrogen and oxygen atoms in total. The Kier molecular flexibility index (Phi) is 5.21. The molecule has 1 aliphatic rings. The highest BCUT2D eigenvalue weighted by molar-refractivity contribution is 5.74. The summed E-state index contributed by atoms with van der Waals surface area (Å²) in [6.45, 7) is 6.13. The Morgan fingerprint density at radius 2 is 2.40 bits per heavy atom. The summed E-state index contributed by atoms with van der Waals surface area (Å²) in [5, 5.41) is 2.92. The van der Waals surface area contributed by atoms with Gasteiger partial charge in [-0.15, -0.1) is 0 Å². The number of rotatable bonds is 4. The fourth-order valence-electron chi connectivity index (χ4n) is 2.48. The highest BCUT2D eigenvalue weighted by Gasteiger charge is 2.27. The Labute approximate surface area is 120 Å². The third-order valence-corrected chi connectivity index (χ3v) is 3.92. The van der Waals surface area contributed by atoms with Crippen LogP contribution >= 0.6 is 0 Å². The molecule has 2 amide bonds. The number of aromatic nitrogens is 1. The van der Waals surface area contributed by atoms with Gasteiger partial charge in [0, 0.05) is 18.8 Å². The standard InChI is InChI=1S/C15H23N3O2/c1-12-5-4-9-18(13(12)2)15(19)17-8-10-20-14-6-3-7-16-11-14/h3,6-7,11-13H,4-5,8-10H2,1-2H3,(H,17,19)/t12-,13+/m0/s1. The summed E-state index contributed by atoms with van der Waals surface area (Å²) >= 11 is 0. The Morgan fingerprint density at radius 1 is 1.55 bits per heavy atom. The molecule has 0 unspecified atom stereocenters. The van der Waals surface area contributed by atoms with Crippen LogP contribution < -0.4 is 10.1 Å². The van der Waals surface area contributed by atoms with Gasteiger partial charge in [0.15, 0.2) is 0 Å². The van der Waals surface area contributed by atoms with Gasteiger partial charge in [0.2, 0.25) is 0 Å². The predicted molar refractivity (Wildman–Crippen MR) is 77.7 cm³/mol. The summed E-state index contributed by atoms with van der Waals surface area (Å²) in [6.07, 6.45) is 5.66. The minimum absolute atomic E-state index is 0.0128. The first-order valence-electron chi connectivity index (χ1n) is 7.26.